The predicted octanol–water partition coefficient (Wildman–Crippen LogP) is 5.29. The predicted molar refractivity (Wildman–Crippen MR) is 138 cm³/mol. The van der Waals surface area contributed by atoms with Crippen molar-refractivity contribution in [1.82, 2.24) is 10.2 Å². The molecule has 7 heteroatoms. The van der Waals surface area contributed by atoms with E-state index in [0.29, 0.717) is 31.9 Å². The number of ether oxygens (including phenoxy) is 1. The van der Waals surface area contributed by atoms with Gasteiger partial charge in [0.25, 0.3) is 0 Å². The van der Waals surface area contributed by atoms with E-state index >= 15 is 0 Å². The number of unbranched alkanes of at least 4 members (excludes halogenated alkanes) is 12. The van der Waals surface area contributed by atoms with Gasteiger partial charge < -0.3 is 10.1 Å². The van der Waals surface area contributed by atoms with E-state index in [4.69, 9.17) is 4.74 Å². The van der Waals surface area contributed by atoms with Gasteiger partial charge in [-0.1, -0.05) is 70.6 Å². The number of rotatable bonds is 23. The molecule has 0 fully saturated rings. The van der Waals surface area contributed by atoms with Gasteiger partial charge in [-0.3, -0.25) is 14.5 Å². The van der Waals surface area contributed by atoms with Crippen molar-refractivity contribution in [2.75, 3.05) is 44.3 Å². The first kappa shape index (κ1) is 30.6. The van der Waals surface area contributed by atoms with E-state index in [2.05, 4.69) is 35.5 Å². The Labute approximate surface area is 202 Å². The summed E-state index contributed by atoms with van der Waals surface area (Å²) in [6.45, 7) is 5.30. The van der Waals surface area contributed by atoms with Gasteiger partial charge in [0.05, 0.1) is 13.2 Å². The molecule has 5 nitrogen and oxygen atoms in total. The maximum atomic E-state index is 11.9. The summed E-state index contributed by atoms with van der Waals surface area (Å²) in [4.78, 5) is 25.3. The van der Waals surface area contributed by atoms with Crippen LogP contribution in [0, 0.1) is 0 Å². The Balaban J connectivity index is 3.40. The van der Waals surface area contributed by atoms with Gasteiger partial charge in [0.15, 0.2) is 0 Å². The minimum Gasteiger partial charge on any atom is -0.466 e. The first-order valence-electron chi connectivity index (χ1n) is 12.5. The highest BCUT2D eigenvalue weighted by atomic mass is 32.1. The molecule has 0 saturated heterocycles. The Morgan fingerprint density at radius 1 is 0.742 bits per heavy atom. The van der Waals surface area contributed by atoms with Gasteiger partial charge in [0.2, 0.25) is 5.91 Å². The molecule has 1 amide bonds. The molecule has 0 heterocycles. The third kappa shape index (κ3) is 22.6. The van der Waals surface area contributed by atoms with Crippen LogP contribution in [0.15, 0.2) is 0 Å². The number of hydrogen-bond acceptors (Lipinski definition) is 6. The van der Waals surface area contributed by atoms with Crippen molar-refractivity contribution in [3.05, 3.63) is 0 Å². The molecule has 0 aromatic heterocycles. The zero-order valence-electron chi connectivity index (χ0n) is 19.9. The summed E-state index contributed by atoms with van der Waals surface area (Å²) in [5.41, 5.74) is 0. The molecule has 184 valence electrons. The molecular formula is C24H48N2O3S2. The molecule has 0 saturated carbocycles. The summed E-state index contributed by atoms with van der Waals surface area (Å²) in [5.74, 6) is 1.50. The first-order chi connectivity index (χ1) is 15.1. The normalized spacial score (nSPS) is 11.1. The topological polar surface area (TPSA) is 58.6 Å². The average molecular weight is 477 g/mol. The summed E-state index contributed by atoms with van der Waals surface area (Å²) in [7, 11) is 0. The van der Waals surface area contributed by atoms with Gasteiger partial charge in [-0.2, -0.15) is 25.3 Å². The van der Waals surface area contributed by atoms with Gasteiger partial charge in [-0.15, -0.1) is 0 Å². The molecule has 1 N–H and O–H groups in total. The fraction of sp³-hybridized carbons (Fsp3) is 0.917. The van der Waals surface area contributed by atoms with Crippen LogP contribution in [-0.2, 0) is 14.3 Å². The SMILES string of the molecule is CCOC(=O)CCCCCCCCCCCCCCCN(CCS)CC(=O)NCCS. The Morgan fingerprint density at radius 2 is 1.26 bits per heavy atom. The smallest absolute Gasteiger partial charge is 0.305 e. The van der Waals surface area contributed by atoms with Crippen LogP contribution < -0.4 is 5.32 Å². The zero-order chi connectivity index (χ0) is 23.0. The second kappa shape index (κ2) is 24.2. The van der Waals surface area contributed by atoms with Crippen LogP contribution in [0.25, 0.3) is 0 Å². The van der Waals surface area contributed by atoms with E-state index in [1.165, 1.54) is 64.2 Å². The van der Waals surface area contributed by atoms with Gasteiger partial charge >= 0.3 is 5.97 Å². The highest BCUT2D eigenvalue weighted by Crippen LogP contribution is 2.13. The lowest BCUT2D eigenvalue weighted by Crippen LogP contribution is -2.39. The standard InChI is InChI=1S/C24H48N2O3S2/c1-2-29-24(28)16-14-12-10-8-6-4-3-5-7-9-11-13-15-18-26(19-21-31)22-23(27)25-17-20-30/h30-31H,2-22H2,1H3,(H,25,27). The van der Waals surface area contributed by atoms with Crippen LogP contribution in [0.1, 0.15) is 96.8 Å². The third-order valence-corrected chi connectivity index (χ3v) is 5.80. The minimum absolute atomic E-state index is 0.0511. The number of esters is 1. The van der Waals surface area contributed by atoms with Crippen molar-refractivity contribution in [3.8, 4) is 0 Å². The summed E-state index contributed by atoms with van der Waals surface area (Å²) in [6.07, 6.45) is 16.9. The number of hydrogen-bond donors (Lipinski definition) is 3. The molecule has 0 unspecified atom stereocenters. The Bertz CT molecular complexity index is 426. The molecule has 0 aromatic carbocycles. The summed E-state index contributed by atoms with van der Waals surface area (Å²) >= 11 is 8.43. The van der Waals surface area contributed by atoms with Crippen LogP contribution in [0.4, 0.5) is 0 Å². The molecule has 0 aliphatic carbocycles. The molecule has 31 heavy (non-hydrogen) atoms. The van der Waals surface area contributed by atoms with E-state index < -0.39 is 0 Å². The lowest BCUT2D eigenvalue weighted by atomic mass is 10.0. The number of thiol groups is 2. The third-order valence-electron chi connectivity index (χ3n) is 5.38. The zero-order valence-corrected chi connectivity index (χ0v) is 21.7. The number of nitrogens with one attached hydrogen (secondary N) is 1. The Kier molecular flexibility index (Phi) is 23.9. The summed E-state index contributed by atoms with van der Waals surface area (Å²) in [6, 6.07) is 0. The van der Waals surface area contributed by atoms with Crippen molar-refractivity contribution in [2.24, 2.45) is 0 Å². The maximum absolute atomic E-state index is 11.9. The number of carbonyl (C=O) groups excluding carboxylic acids is 2. The van der Waals surface area contributed by atoms with Gasteiger partial charge in [0, 0.05) is 31.0 Å². The van der Waals surface area contributed by atoms with Crippen LogP contribution in [0.5, 0.6) is 0 Å². The molecular weight excluding hydrogens is 428 g/mol. The van der Waals surface area contributed by atoms with Crippen LogP contribution >= 0.6 is 25.3 Å². The molecule has 0 atom stereocenters. The second-order valence-corrected chi connectivity index (χ2v) is 9.12. The summed E-state index contributed by atoms with van der Waals surface area (Å²) < 4.78 is 4.94. The van der Waals surface area contributed by atoms with Crippen molar-refractivity contribution in [3.63, 3.8) is 0 Å². The van der Waals surface area contributed by atoms with Crippen LogP contribution in [-0.4, -0.2) is 61.1 Å². The quantitative estimate of drug-likeness (QED) is 0.107. The Morgan fingerprint density at radius 3 is 1.74 bits per heavy atom. The second-order valence-electron chi connectivity index (χ2n) is 8.22. The van der Waals surface area contributed by atoms with Crippen LogP contribution in [0.2, 0.25) is 0 Å². The van der Waals surface area contributed by atoms with Crippen LogP contribution in [0.3, 0.4) is 0 Å². The first-order valence-corrected chi connectivity index (χ1v) is 13.8. The van der Waals surface area contributed by atoms with Crippen molar-refractivity contribution < 1.29 is 14.3 Å². The maximum Gasteiger partial charge on any atom is 0.305 e. The summed E-state index contributed by atoms with van der Waals surface area (Å²) in [5, 5.41) is 2.88. The molecule has 0 radical (unpaired) electrons. The van der Waals surface area contributed by atoms with E-state index in [1.54, 1.807) is 0 Å². The molecule has 0 bridgehead atoms. The highest BCUT2D eigenvalue weighted by Gasteiger charge is 2.09. The number of carbonyl (C=O) groups is 2. The van der Waals surface area contributed by atoms with E-state index in [0.717, 1.165) is 38.1 Å². The monoisotopic (exact) mass is 476 g/mol. The highest BCUT2D eigenvalue weighted by molar-refractivity contribution is 7.80. The largest absolute Gasteiger partial charge is 0.466 e. The Hall–Kier alpha value is -0.400. The fourth-order valence-electron chi connectivity index (χ4n) is 3.65. The minimum atomic E-state index is -0.0511. The van der Waals surface area contributed by atoms with E-state index in [9.17, 15) is 9.59 Å². The lowest BCUT2D eigenvalue weighted by Gasteiger charge is -2.20. The fourth-order valence-corrected chi connectivity index (χ4v) is 4.04. The molecule has 0 rings (SSSR count). The lowest BCUT2D eigenvalue weighted by molar-refractivity contribution is -0.143. The van der Waals surface area contributed by atoms with Gasteiger partial charge in [-0.05, 0) is 26.3 Å². The van der Waals surface area contributed by atoms with Gasteiger partial charge in [0.1, 0.15) is 0 Å². The van der Waals surface area contributed by atoms with Crippen molar-refractivity contribution in [2.45, 2.75) is 96.8 Å². The van der Waals surface area contributed by atoms with Crippen molar-refractivity contribution in [1.29, 1.82) is 0 Å². The molecule has 0 aromatic rings. The van der Waals surface area contributed by atoms with E-state index in [-0.39, 0.29) is 11.9 Å². The van der Waals surface area contributed by atoms with E-state index in [1.807, 2.05) is 6.92 Å². The average Bonchev–Trinajstić information content (AvgIpc) is 2.75. The van der Waals surface area contributed by atoms with Gasteiger partial charge in [-0.25, -0.2) is 0 Å². The number of nitrogens with zero attached hydrogens (tertiary/aromatic N) is 1. The molecule has 0 aliphatic rings. The molecule has 0 spiro atoms. The molecule has 0 aliphatic heterocycles. The number of amides is 1. The van der Waals surface area contributed by atoms with Crippen molar-refractivity contribution >= 4 is 37.1 Å².